The zero-order valence-electron chi connectivity index (χ0n) is 8.85. The molecule has 5 heteroatoms. The van der Waals surface area contributed by atoms with Crippen LogP contribution in [0.1, 0.15) is 36.7 Å². The standard InChI is InChI=1S/C11H14FNO3/c1-6(12)8-4-7(2-3-10(8)14)9(13)5-11(15)16/h2-4,6,9,14H,5,13H2,1H3,(H,15,16). The second-order valence-electron chi connectivity index (χ2n) is 3.64. The van der Waals surface area contributed by atoms with Crippen molar-refractivity contribution < 1.29 is 19.4 Å². The molecule has 0 aliphatic rings. The molecular weight excluding hydrogens is 213 g/mol. The molecule has 0 saturated carbocycles. The summed E-state index contributed by atoms with van der Waals surface area (Å²) in [4.78, 5) is 10.5. The van der Waals surface area contributed by atoms with E-state index in [1.165, 1.54) is 25.1 Å². The molecule has 0 amide bonds. The van der Waals surface area contributed by atoms with Crippen LogP contribution in [-0.2, 0) is 4.79 Å². The van der Waals surface area contributed by atoms with E-state index in [9.17, 15) is 14.3 Å². The Morgan fingerprint density at radius 3 is 2.69 bits per heavy atom. The first-order valence-electron chi connectivity index (χ1n) is 4.86. The molecule has 0 aromatic heterocycles. The molecule has 88 valence electrons. The van der Waals surface area contributed by atoms with Gasteiger partial charge in [-0.15, -0.1) is 0 Å². The van der Waals surface area contributed by atoms with Gasteiger partial charge in [0.2, 0.25) is 0 Å². The maximum absolute atomic E-state index is 13.1. The Morgan fingerprint density at radius 1 is 1.56 bits per heavy atom. The summed E-state index contributed by atoms with van der Waals surface area (Å²) in [5.41, 5.74) is 6.25. The molecule has 0 heterocycles. The predicted octanol–water partition coefficient (Wildman–Crippen LogP) is 1.90. The van der Waals surface area contributed by atoms with Crippen molar-refractivity contribution >= 4 is 5.97 Å². The van der Waals surface area contributed by atoms with E-state index in [1.54, 1.807) is 0 Å². The van der Waals surface area contributed by atoms with Gasteiger partial charge in [0.15, 0.2) is 0 Å². The van der Waals surface area contributed by atoms with Crippen molar-refractivity contribution in [1.82, 2.24) is 0 Å². The average molecular weight is 227 g/mol. The number of aliphatic carboxylic acids is 1. The molecule has 0 aliphatic heterocycles. The lowest BCUT2D eigenvalue weighted by Crippen LogP contribution is -2.15. The second kappa shape index (κ2) is 4.94. The molecule has 0 saturated heterocycles. The maximum Gasteiger partial charge on any atom is 0.305 e. The fourth-order valence-corrected chi connectivity index (χ4v) is 1.43. The zero-order chi connectivity index (χ0) is 12.3. The molecular formula is C11H14FNO3. The summed E-state index contributed by atoms with van der Waals surface area (Å²) in [5.74, 6) is -1.17. The number of phenolic OH excluding ortho intramolecular Hbond substituents is 1. The number of hydrogen-bond acceptors (Lipinski definition) is 3. The zero-order valence-corrected chi connectivity index (χ0v) is 8.85. The Bertz CT molecular complexity index is 393. The molecule has 0 bridgehead atoms. The molecule has 4 nitrogen and oxygen atoms in total. The summed E-state index contributed by atoms with van der Waals surface area (Å²) in [6, 6.07) is 3.51. The fraction of sp³-hybridized carbons (Fsp3) is 0.364. The summed E-state index contributed by atoms with van der Waals surface area (Å²) >= 11 is 0. The van der Waals surface area contributed by atoms with Crippen LogP contribution in [-0.4, -0.2) is 16.2 Å². The highest BCUT2D eigenvalue weighted by molar-refractivity contribution is 5.68. The lowest BCUT2D eigenvalue weighted by Gasteiger charge is -2.13. The molecule has 2 atom stereocenters. The number of carboxylic acids is 1. The van der Waals surface area contributed by atoms with Gasteiger partial charge in [-0.1, -0.05) is 6.07 Å². The van der Waals surface area contributed by atoms with Gasteiger partial charge in [-0.3, -0.25) is 4.79 Å². The van der Waals surface area contributed by atoms with Crippen molar-refractivity contribution in [2.75, 3.05) is 0 Å². The third kappa shape index (κ3) is 2.93. The number of rotatable bonds is 4. The van der Waals surface area contributed by atoms with Crippen LogP contribution < -0.4 is 5.73 Å². The first-order valence-corrected chi connectivity index (χ1v) is 4.86. The van der Waals surface area contributed by atoms with Crippen molar-refractivity contribution in [3.8, 4) is 5.75 Å². The Labute approximate surface area is 92.5 Å². The molecule has 0 fully saturated rings. The minimum atomic E-state index is -1.32. The molecule has 1 aromatic carbocycles. The number of halogens is 1. The highest BCUT2D eigenvalue weighted by Crippen LogP contribution is 2.29. The number of benzene rings is 1. The van der Waals surface area contributed by atoms with Crippen LogP contribution in [0.25, 0.3) is 0 Å². The lowest BCUT2D eigenvalue weighted by atomic mass is 10.00. The van der Waals surface area contributed by atoms with E-state index in [0.717, 1.165) is 0 Å². The van der Waals surface area contributed by atoms with Gasteiger partial charge in [-0.25, -0.2) is 4.39 Å². The smallest absolute Gasteiger partial charge is 0.305 e. The van der Waals surface area contributed by atoms with Gasteiger partial charge in [0.05, 0.1) is 6.42 Å². The van der Waals surface area contributed by atoms with Gasteiger partial charge in [-0.05, 0) is 24.6 Å². The second-order valence-corrected chi connectivity index (χ2v) is 3.64. The molecule has 0 spiro atoms. The minimum Gasteiger partial charge on any atom is -0.508 e. The van der Waals surface area contributed by atoms with Crippen molar-refractivity contribution in [2.24, 2.45) is 5.73 Å². The van der Waals surface area contributed by atoms with Crippen LogP contribution in [0.5, 0.6) is 5.75 Å². The lowest BCUT2D eigenvalue weighted by molar-refractivity contribution is -0.137. The monoisotopic (exact) mass is 227 g/mol. The van der Waals surface area contributed by atoms with E-state index in [-0.39, 0.29) is 17.7 Å². The molecule has 0 aliphatic carbocycles. The van der Waals surface area contributed by atoms with Gasteiger partial charge >= 0.3 is 5.97 Å². The third-order valence-electron chi connectivity index (χ3n) is 2.30. The number of aromatic hydroxyl groups is 1. The van der Waals surface area contributed by atoms with Crippen LogP contribution in [0.4, 0.5) is 4.39 Å². The van der Waals surface area contributed by atoms with Crippen LogP contribution in [0.15, 0.2) is 18.2 Å². The Kier molecular flexibility index (Phi) is 3.84. The highest BCUT2D eigenvalue weighted by atomic mass is 19.1. The first-order chi connectivity index (χ1) is 7.41. The summed E-state index contributed by atoms with van der Waals surface area (Å²) in [6.07, 6.45) is -1.55. The fourth-order valence-electron chi connectivity index (χ4n) is 1.43. The SMILES string of the molecule is CC(F)c1cc(C(N)CC(=O)O)ccc1O. The number of alkyl halides is 1. The number of carboxylic acid groups (broad SMARTS) is 1. The molecule has 1 aromatic rings. The third-order valence-corrected chi connectivity index (χ3v) is 2.30. The summed E-state index contributed by atoms with van der Waals surface area (Å²) in [6.45, 7) is 1.29. The van der Waals surface area contributed by atoms with Gasteiger partial charge < -0.3 is 15.9 Å². The number of carbonyl (C=O) groups is 1. The number of phenols is 1. The Morgan fingerprint density at radius 2 is 2.19 bits per heavy atom. The largest absolute Gasteiger partial charge is 0.508 e. The van der Waals surface area contributed by atoms with Crippen molar-refractivity contribution in [3.63, 3.8) is 0 Å². The van der Waals surface area contributed by atoms with E-state index in [4.69, 9.17) is 10.8 Å². The molecule has 2 unspecified atom stereocenters. The first kappa shape index (κ1) is 12.4. The molecule has 1 rings (SSSR count). The molecule has 0 radical (unpaired) electrons. The van der Waals surface area contributed by atoms with Gasteiger partial charge in [0.25, 0.3) is 0 Å². The highest BCUT2D eigenvalue weighted by Gasteiger charge is 2.15. The van der Waals surface area contributed by atoms with Gasteiger partial charge in [0.1, 0.15) is 11.9 Å². The number of nitrogens with two attached hydrogens (primary N) is 1. The summed E-state index contributed by atoms with van der Waals surface area (Å²) in [5, 5.41) is 17.9. The summed E-state index contributed by atoms with van der Waals surface area (Å²) in [7, 11) is 0. The minimum absolute atomic E-state index is 0.123. The van der Waals surface area contributed by atoms with Crippen LogP contribution in [0.2, 0.25) is 0 Å². The quantitative estimate of drug-likeness (QED) is 0.733. The van der Waals surface area contributed by atoms with Crippen molar-refractivity contribution in [1.29, 1.82) is 0 Å². The van der Waals surface area contributed by atoms with Crippen LogP contribution in [0, 0.1) is 0 Å². The molecule has 16 heavy (non-hydrogen) atoms. The van der Waals surface area contributed by atoms with Crippen molar-refractivity contribution in [2.45, 2.75) is 25.6 Å². The number of hydrogen-bond donors (Lipinski definition) is 3. The van der Waals surface area contributed by atoms with Gasteiger partial charge in [-0.2, -0.15) is 0 Å². The Hall–Kier alpha value is -1.62. The molecule has 4 N–H and O–H groups in total. The van der Waals surface area contributed by atoms with Gasteiger partial charge in [0, 0.05) is 11.6 Å². The average Bonchev–Trinajstić information content (AvgIpc) is 2.16. The maximum atomic E-state index is 13.1. The van der Waals surface area contributed by atoms with E-state index < -0.39 is 18.2 Å². The van der Waals surface area contributed by atoms with Crippen molar-refractivity contribution in [3.05, 3.63) is 29.3 Å². The van der Waals surface area contributed by atoms with Crippen LogP contribution >= 0.6 is 0 Å². The predicted molar refractivity (Wildman–Crippen MR) is 56.8 cm³/mol. The van der Waals surface area contributed by atoms with E-state index in [0.29, 0.717) is 5.56 Å². The van der Waals surface area contributed by atoms with E-state index >= 15 is 0 Å². The Balaban J connectivity index is 2.98. The van der Waals surface area contributed by atoms with E-state index in [2.05, 4.69) is 0 Å². The van der Waals surface area contributed by atoms with E-state index in [1.807, 2.05) is 0 Å². The van der Waals surface area contributed by atoms with Crippen LogP contribution in [0.3, 0.4) is 0 Å². The normalized spacial score (nSPS) is 14.4. The summed E-state index contributed by atoms with van der Waals surface area (Å²) < 4.78 is 13.1. The topological polar surface area (TPSA) is 83.6 Å².